The summed E-state index contributed by atoms with van der Waals surface area (Å²) in [5.74, 6) is -1.75. The van der Waals surface area contributed by atoms with Gasteiger partial charge in [0.2, 0.25) is 0 Å². The molecule has 2 rings (SSSR count). The first-order chi connectivity index (χ1) is 11.5. The highest BCUT2D eigenvalue weighted by Gasteiger charge is 2.14. The number of carbonyl (C=O) groups excluding carboxylic acids is 2. The molecule has 3 amide bonds. The molecule has 4 N–H and O–H groups in total. The van der Waals surface area contributed by atoms with Crippen LogP contribution < -0.4 is 16.0 Å². The lowest BCUT2D eigenvalue weighted by Crippen LogP contribution is -2.28. The van der Waals surface area contributed by atoms with Crippen molar-refractivity contribution < 1.29 is 23.5 Å². The molecule has 0 unspecified atom stereocenters. The fourth-order valence-corrected chi connectivity index (χ4v) is 1.93. The van der Waals surface area contributed by atoms with Crippen molar-refractivity contribution in [1.82, 2.24) is 5.32 Å². The van der Waals surface area contributed by atoms with E-state index in [1.165, 1.54) is 24.3 Å². The van der Waals surface area contributed by atoms with Gasteiger partial charge in [-0.3, -0.25) is 4.79 Å². The molecule has 24 heavy (non-hydrogen) atoms. The van der Waals surface area contributed by atoms with Gasteiger partial charge in [-0.1, -0.05) is 6.07 Å². The molecule has 0 spiro atoms. The molecule has 8 heteroatoms. The Kier molecular flexibility index (Phi) is 5.80. The Hall–Kier alpha value is -3.00. The zero-order valence-corrected chi connectivity index (χ0v) is 12.5. The summed E-state index contributed by atoms with van der Waals surface area (Å²) < 4.78 is 26.5. The van der Waals surface area contributed by atoms with Crippen molar-refractivity contribution >= 4 is 23.3 Å². The van der Waals surface area contributed by atoms with Crippen LogP contribution in [0.1, 0.15) is 10.4 Å². The van der Waals surface area contributed by atoms with Gasteiger partial charge in [-0.25, -0.2) is 13.6 Å². The van der Waals surface area contributed by atoms with Crippen molar-refractivity contribution in [3.05, 3.63) is 59.7 Å². The third-order valence-corrected chi connectivity index (χ3v) is 2.95. The number of halogens is 2. The summed E-state index contributed by atoms with van der Waals surface area (Å²) in [5.41, 5.74) is 0.175. The average molecular weight is 335 g/mol. The minimum Gasteiger partial charge on any atom is -0.395 e. The normalized spacial score (nSPS) is 10.1. The van der Waals surface area contributed by atoms with Crippen molar-refractivity contribution in [2.24, 2.45) is 0 Å². The van der Waals surface area contributed by atoms with Crippen molar-refractivity contribution in [2.75, 3.05) is 23.8 Å². The molecule has 0 aliphatic rings. The minimum atomic E-state index is -0.762. The fraction of sp³-hybridized carbons (Fsp3) is 0.125. The van der Waals surface area contributed by atoms with Crippen LogP contribution >= 0.6 is 0 Å². The highest BCUT2D eigenvalue weighted by atomic mass is 19.1. The first-order valence-electron chi connectivity index (χ1n) is 7.02. The molecule has 0 aliphatic carbocycles. The number of hydrogen-bond acceptors (Lipinski definition) is 3. The second-order valence-corrected chi connectivity index (χ2v) is 4.76. The second kappa shape index (κ2) is 8.02. The summed E-state index contributed by atoms with van der Waals surface area (Å²) in [6, 6.07) is 7.73. The molecule has 0 bridgehead atoms. The van der Waals surface area contributed by atoms with Crippen molar-refractivity contribution in [1.29, 1.82) is 0 Å². The SMILES string of the molecule is O=C(Nc1cccc(F)c1)Nc1cc(F)ccc1C(=O)NCCO. The highest BCUT2D eigenvalue weighted by molar-refractivity contribution is 6.06. The van der Waals surface area contributed by atoms with E-state index in [4.69, 9.17) is 5.11 Å². The van der Waals surface area contributed by atoms with Crippen LogP contribution in [0.25, 0.3) is 0 Å². The fourth-order valence-electron chi connectivity index (χ4n) is 1.93. The molecule has 0 fully saturated rings. The highest BCUT2D eigenvalue weighted by Crippen LogP contribution is 2.18. The lowest BCUT2D eigenvalue weighted by Gasteiger charge is -2.12. The van der Waals surface area contributed by atoms with Crippen LogP contribution in [0, 0.1) is 11.6 Å². The van der Waals surface area contributed by atoms with Gasteiger partial charge in [-0.15, -0.1) is 0 Å². The Morgan fingerprint density at radius 2 is 1.75 bits per heavy atom. The number of anilines is 2. The number of aliphatic hydroxyl groups is 1. The van der Waals surface area contributed by atoms with Crippen molar-refractivity contribution in [3.8, 4) is 0 Å². The topological polar surface area (TPSA) is 90.5 Å². The molecule has 0 aliphatic heterocycles. The maximum Gasteiger partial charge on any atom is 0.323 e. The lowest BCUT2D eigenvalue weighted by molar-refractivity contribution is 0.0945. The van der Waals surface area contributed by atoms with E-state index in [0.29, 0.717) is 0 Å². The predicted octanol–water partition coefficient (Wildman–Crippen LogP) is 2.33. The summed E-state index contributed by atoms with van der Waals surface area (Å²) in [6.45, 7) is -0.235. The molecule has 6 nitrogen and oxygen atoms in total. The quantitative estimate of drug-likeness (QED) is 0.676. The predicted molar refractivity (Wildman–Crippen MR) is 84.9 cm³/mol. The van der Waals surface area contributed by atoms with Gasteiger partial charge < -0.3 is 21.1 Å². The summed E-state index contributed by atoms with van der Waals surface area (Å²) >= 11 is 0. The van der Waals surface area contributed by atoms with Gasteiger partial charge in [-0.2, -0.15) is 0 Å². The minimum absolute atomic E-state index is 0.0190. The molecule has 0 saturated carbocycles. The van der Waals surface area contributed by atoms with Gasteiger partial charge in [0.05, 0.1) is 17.9 Å². The molecule has 126 valence electrons. The molecule has 0 atom stereocenters. The van der Waals surface area contributed by atoms with Crippen LogP contribution in [0.2, 0.25) is 0 Å². The Morgan fingerprint density at radius 3 is 2.46 bits per heavy atom. The van der Waals surface area contributed by atoms with Gasteiger partial charge in [0.15, 0.2) is 0 Å². The monoisotopic (exact) mass is 335 g/mol. The van der Waals surface area contributed by atoms with Crippen LogP contribution in [0.3, 0.4) is 0 Å². The van der Waals surface area contributed by atoms with Gasteiger partial charge in [-0.05, 0) is 36.4 Å². The smallest absolute Gasteiger partial charge is 0.323 e. The Balaban J connectivity index is 2.14. The van der Waals surface area contributed by atoms with E-state index in [1.807, 2.05) is 0 Å². The number of amides is 3. The zero-order chi connectivity index (χ0) is 17.5. The first kappa shape index (κ1) is 17.4. The standard InChI is InChI=1S/C16H15F2N3O3/c17-10-2-1-3-12(8-10)20-16(24)21-14-9-11(18)4-5-13(14)15(23)19-6-7-22/h1-5,8-9,22H,6-7H2,(H,19,23)(H2,20,21,24). The first-order valence-corrected chi connectivity index (χ1v) is 7.02. The molecular weight excluding hydrogens is 320 g/mol. The molecular formula is C16H15F2N3O3. The van der Waals surface area contributed by atoms with Crippen LogP contribution in [-0.2, 0) is 0 Å². The van der Waals surface area contributed by atoms with Gasteiger partial charge in [0, 0.05) is 12.2 Å². The molecule has 2 aromatic carbocycles. The molecule has 0 saturated heterocycles. The molecule has 0 aromatic heterocycles. The average Bonchev–Trinajstić information content (AvgIpc) is 2.52. The van der Waals surface area contributed by atoms with E-state index >= 15 is 0 Å². The molecule has 0 radical (unpaired) electrons. The zero-order valence-electron chi connectivity index (χ0n) is 12.5. The van der Waals surface area contributed by atoms with Gasteiger partial charge in [0.1, 0.15) is 11.6 Å². The summed E-state index contributed by atoms with van der Waals surface area (Å²) in [6.07, 6.45) is 0. The van der Waals surface area contributed by atoms with E-state index in [1.54, 1.807) is 0 Å². The Labute approximate surface area is 136 Å². The Morgan fingerprint density at radius 1 is 1.00 bits per heavy atom. The summed E-state index contributed by atoms with van der Waals surface area (Å²) in [4.78, 5) is 23.9. The van der Waals surface area contributed by atoms with Gasteiger partial charge >= 0.3 is 6.03 Å². The maximum atomic E-state index is 13.4. The molecule has 2 aromatic rings. The maximum absolute atomic E-state index is 13.4. The Bertz CT molecular complexity index is 753. The summed E-state index contributed by atoms with van der Waals surface area (Å²) in [5, 5.41) is 15.8. The number of hydrogen-bond donors (Lipinski definition) is 4. The van der Waals surface area contributed by atoms with Crippen LogP contribution in [0.5, 0.6) is 0 Å². The van der Waals surface area contributed by atoms with E-state index < -0.39 is 23.6 Å². The number of urea groups is 1. The van der Waals surface area contributed by atoms with E-state index in [9.17, 15) is 18.4 Å². The third kappa shape index (κ3) is 4.75. The number of carbonyl (C=O) groups is 2. The van der Waals surface area contributed by atoms with Crippen molar-refractivity contribution in [3.63, 3.8) is 0 Å². The van der Waals surface area contributed by atoms with Crippen LogP contribution in [0.4, 0.5) is 25.0 Å². The van der Waals surface area contributed by atoms with Gasteiger partial charge in [0.25, 0.3) is 5.91 Å². The number of rotatable bonds is 5. The lowest BCUT2D eigenvalue weighted by atomic mass is 10.1. The number of nitrogens with one attached hydrogen (secondary N) is 3. The summed E-state index contributed by atoms with van der Waals surface area (Å²) in [7, 11) is 0. The van der Waals surface area contributed by atoms with E-state index in [-0.39, 0.29) is 30.1 Å². The second-order valence-electron chi connectivity index (χ2n) is 4.76. The largest absolute Gasteiger partial charge is 0.395 e. The molecule has 0 heterocycles. The van der Waals surface area contributed by atoms with E-state index in [0.717, 1.165) is 18.2 Å². The van der Waals surface area contributed by atoms with Crippen molar-refractivity contribution in [2.45, 2.75) is 0 Å². The number of benzene rings is 2. The van der Waals surface area contributed by atoms with Crippen LogP contribution in [0.15, 0.2) is 42.5 Å². The number of aliphatic hydroxyl groups excluding tert-OH is 1. The van der Waals surface area contributed by atoms with Crippen LogP contribution in [-0.4, -0.2) is 30.2 Å². The third-order valence-electron chi connectivity index (χ3n) is 2.95. The van der Waals surface area contributed by atoms with E-state index in [2.05, 4.69) is 16.0 Å².